The molecule has 1 heterocycles. The molecule has 1 amide bonds. The van der Waals surface area contributed by atoms with Gasteiger partial charge in [0.05, 0.1) is 12.7 Å². The largest absolute Gasteiger partial charge is 0.378 e. The van der Waals surface area contributed by atoms with Crippen molar-refractivity contribution < 1.29 is 9.53 Å². The SMILES string of the molecule is CC(C)CC(C)OCCC(=O)NCCC1CCCNC1. The van der Waals surface area contributed by atoms with E-state index in [1.54, 1.807) is 0 Å². The second kappa shape index (κ2) is 10.2. The van der Waals surface area contributed by atoms with Crippen LogP contribution in [-0.4, -0.2) is 38.3 Å². The van der Waals surface area contributed by atoms with Gasteiger partial charge in [-0.25, -0.2) is 0 Å². The molecule has 2 atom stereocenters. The quantitative estimate of drug-likeness (QED) is 0.683. The van der Waals surface area contributed by atoms with Gasteiger partial charge in [0.1, 0.15) is 0 Å². The predicted molar refractivity (Wildman–Crippen MR) is 82.7 cm³/mol. The van der Waals surface area contributed by atoms with Crippen LogP contribution in [0.25, 0.3) is 0 Å². The first-order chi connectivity index (χ1) is 9.58. The lowest BCUT2D eigenvalue weighted by molar-refractivity contribution is -0.122. The summed E-state index contributed by atoms with van der Waals surface area (Å²) in [6.07, 6.45) is 5.42. The number of hydrogen-bond donors (Lipinski definition) is 2. The van der Waals surface area contributed by atoms with Crippen molar-refractivity contribution in [2.75, 3.05) is 26.2 Å². The molecule has 1 aliphatic rings. The number of nitrogens with one attached hydrogen (secondary N) is 2. The normalized spacial score (nSPS) is 20.9. The molecule has 0 saturated carbocycles. The molecular weight excluding hydrogens is 252 g/mol. The Balaban J connectivity index is 1.97. The first-order valence-electron chi connectivity index (χ1n) is 8.17. The first-order valence-corrected chi connectivity index (χ1v) is 8.17. The van der Waals surface area contributed by atoms with E-state index in [1.807, 2.05) is 0 Å². The van der Waals surface area contributed by atoms with E-state index < -0.39 is 0 Å². The summed E-state index contributed by atoms with van der Waals surface area (Å²) < 4.78 is 5.65. The van der Waals surface area contributed by atoms with Crippen molar-refractivity contribution >= 4 is 5.91 Å². The molecule has 0 spiro atoms. The van der Waals surface area contributed by atoms with Crippen LogP contribution in [-0.2, 0) is 9.53 Å². The zero-order valence-corrected chi connectivity index (χ0v) is 13.4. The van der Waals surface area contributed by atoms with Crippen molar-refractivity contribution in [3.63, 3.8) is 0 Å². The molecule has 0 radical (unpaired) electrons. The minimum atomic E-state index is 0.116. The zero-order chi connectivity index (χ0) is 14.8. The molecule has 0 aliphatic carbocycles. The van der Waals surface area contributed by atoms with Crippen molar-refractivity contribution in [3.05, 3.63) is 0 Å². The van der Waals surface area contributed by atoms with E-state index in [4.69, 9.17) is 4.74 Å². The summed E-state index contributed by atoms with van der Waals surface area (Å²) >= 11 is 0. The average molecular weight is 284 g/mol. The van der Waals surface area contributed by atoms with E-state index in [2.05, 4.69) is 31.4 Å². The Morgan fingerprint density at radius 3 is 2.85 bits per heavy atom. The lowest BCUT2D eigenvalue weighted by Gasteiger charge is -2.22. The number of piperidine rings is 1. The van der Waals surface area contributed by atoms with Gasteiger partial charge in [-0.15, -0.1) is 0 Å². The summed E-state index contributed by atoms with van der Waals surface area (Å²) in [4.78, 5) is 11.7. The first kappa shape index (κ1) is 17.4. The molecule has 2 unspecified atom stereocenters. The molecular formula is C16H32N2O2. The van der Waals surface area contributed by atoms with Gasteiger partial charge in [-0.05, 0) is 57.5 Å². The Morgan fingerprint density at radius 2 is 2.20 bits per heavy atom. The van der Waals surface area contributed by atoms with Crippen LogP contribution in [0.2, 0.25) is 0 Å². The molecule has 4 heteroatoms. The van der Waals surface area contributed by atoms with Crippen LogP contribution in [0.5, 0.6) is 0 Å². The Bertz CT molecular complexity index is 263. The van der Waals surface area contributed by atoms with Crippen LogP contribution in [0.3, 0.4) is 0 Å². The summed E-state index contributed by atoms with van der Waals surface area (Å²) in [7, 11) is 0. The second-order valence-electron chi connectivity index (χ2n) is 6.41. The van der Waals surface area contributed by atoms with Gasteiger partial charge >= 0.3 is 0 Å². The third-order valence-electron chi connectivity index (χ3n) is 3.81. The minimum absolute atomic E-state index is 0.116. The Morgan fingerprint density at radius 1 is 1.40 bits per heavy atom. The molecule has 0 aromatic rings. The monoisotopic (exact) mass is 284 g/mol. The van der Waals surface area contributed by atoms with Crippen LogP contribution < -0.4 is 10.6 Å². The smallest absolute Gasteiger partial charge is 0.222 e. The number of carbonyl (C=O) groups is 1. The second-order valence-corrected chi connectivity index (χ2v) is 6.41. The van der Waals surface area contributed by atoms with Gasteiger partial charge in [0.2, 0.25) is 5.91 Å². The average Bonchev–Trinajstić information content (AvgIpc) is 2.39. The van der Waals surface area contributed by atoms with Crippen molar-refractivity contribution in [2.45, 2.75) is 59.0 Å². The maximum atomic E-state index is 11.7. The van der Waals surface area contributed by atoms with Crippen molar-refractivity contribution in [2.24, 2.45) is 11.8 Å². The molecule has 1 rings (SSSR count). The number of amides is 1. The molecule has 4 nitrogen and oxygen atoms in total. The summed E-state index contributed by atoms with van der Waals surface area (Å²) in [5.41, 5.74) is 0. The standard InChI is InChI=1S/C16H32N2O2/c1-13(2)11-14(3)20-10-7-16(19)18-9-6-15-5-4-8-17-12-15/h13-15,17H,4-12H2,1-3H3,(H,18,19). The topological polar surface area (TPSA) is 50.4 Å². The fourth-order valence-electron chi connectivity index (χ4n) is 2.76. The number of ether oxygens (including phenoxy) is 1. The number of hydrogen-bond acceptors (Lipinski definition) is 3. The van der Waals surface area contributed by atoms with Crippen LogP contribution in [0, 0.1) is 11.8 Å². The van der Waals surface area contributed by atoms with Gasteiger partial charge < -0.3 is 15.4 Å². The fourth-order valence-corrected chi connectivity index (χ4v) is 2.76. The van der Waals surface area contributed by atoms with Gasteiger partial charge in [0.25, 0.3) is 0 Å². The third-order valence-corrected chi connectivity index (χ3v) is 3.81. The lowest BCUT2D eigenvalue weighted by Crippen LogP contribution is -2.33. The Labute approximate surface area is 124 Å². The molecule has 1 aliphatic heterocycles. The van der Waals surface area contributed by atoms with Gasteiger partial charge in [0.15, 0.2) is 0 Å². The number of rotatable bonds is 9. The minimum Gasteiger partial charge on any atom is -0.378 e. The van der Waals surface area contributed by atoms with E-state index in [0.29, 0.717) is 18.9 Å². The molecule has 118 valence electrons. The van der Waals surface area contributed by atoms with E-state index in [-0.39, 0.29) is 12.0 Å². The van der Waals surface area contributed by atoms with E-state index in [9.17, 15) is 4.79 Å². The van der Waals surface area contributed by atoms with Gasteiger partial charge in [-0.1, -0.05) is 13.8 Å². The van der Waals surface area contributed by atoms with E-state index in [0.717, 1.165) is 38.4 Å². The maximum Gasteiger partial charge on any atom is 0.222 e. The van der Waals surface area contributed by atoms with Crippen LogP contribution in [0.1, 0.15) is 52.9 Å². The third kappa shape index (κ3) is 8.54. The summed E-state index contributed by atoms with van der Waals surface area (Å²) in [5.74, 6) is 1.49. The highest BCUT2D eigenvalue weighted by Gasteiger charge is 2.13. The molecule has 0 bridgehead atoms. The predicted octanol–water partition coefficient (Wildman–Crippen LogP) is 2.33. The highest BCUT2D eigenvalue weighted by Crippen LogP contribution is 2.12. The summed E-state index contributed by atoms with van der Waals surface area (Å²) in [6, 6.07) is 0. The lowest BCUT2D eigenvalue weighted by atomic mass is 9.96. The highest BCUT2D eigenvalue weighted by molar-refractivity contribution is 5.75. The van der Waals surface area contributed by atoms with Crippen molar-refractivity contribution in [1.29, 1.82) is 0 Å². The van der Waals surface area contributed by atoms with Crippen LogP contribution in [0.15, 0.2) is 0 Å². The van der Waals surface area contributed by atoms with Crippen molar-refractivity contribution in [1.82, 2.24) is 10.6 Å². The Kier molecular flexibility index (Phi) is 8.86. The van der Waals surface area contributed by atoms with E-state index in [1.165, 1.54) is 12.8 Å². The van der Waals surface area contributed by atoms with Gasteiger partial charge in [-0.2, -0.15) is 0 Å². The fraction of sp³-hybridized carbons (Fsp3) is 0.938. The molecule has 2 N–H and O–H groups in total. The molecule has 1 saturated heterocycles. The molecule has 1 fully saturated rings. The van der Waals surface area contributed by atoms with Crippen LogP contribution in [0.4, 0.5) is 0 Å². The highest BCUT2D eigenvalue weighted by atomic mass is 16.5. The van der Waals surface area contributed by atoms with Gasteiger partial charge in [0, 0.05) is 13.0 Å². The zero-order valence-electron chi connectivity index (χ0n) is 13.4. The molecule has 20 heavy (non-hydrogen) atoms. The van der Waals surface area contributed by atoms with E-state index >= 15 is 0 Å². The van der Waals surface area contributed by atoms with Gasteiger partial charge in [-0.3, -0.25) is 4.79 Å². The molecule has 0 aromatic heterocycles. The van der Waals surface area contributed by atoms with Crippen molar-refractivity contribution in [3.8, 4) is 0 Å². The summed E-state index contributed by atoms with van der Waals surface area (Å²) in [5, 5.41) is 6.40. The number of carbonyl (C=O) groups excluding carboxylic acids is 1. The molecule has 0 aromatic carbocycles. The maximum absolute atomic E-state index is 11.7. The summed E-state index contributed by atoms with van der Waals surface area (Å²) in [6.45, 7) is 10.0. The Hall–Kier alpha value is -0.610. The van der Waals surface area contributed by atoms with Crippen LogP contribution >= 0.6 is 0 Å².